The second kappa shape index (κ2) is 9.96. The third kappa shape index (κ3) is 4.77. The van der Waals surface area contributed by atoms with Crippen molar-refractivity contribution in [2.75, 3.05) is 26.6 Å². The summed E-state index contributed by atoms with van der Waals surface area (Å²) in [5, 5.41) is 13.4. The van der Waals surface area contributed by atoms with Gasteiger partial charge in [0.25, 0.3) is 0 Å². The van der Waals surface area contributed by atoms with Crippen LogP contribution in [-0.2, 0) is 24.2 Å². The number of amides is 1. The smallest absolute Gasteiger partial charge is 0.242 e. The molecule has 0 aliphatic heterocycles. The van der Waals surface area contributed by atoms with Crippen LogP contribution in [0.25, 0.3) is 0 Å². The minimum Gasteiger partial charge on any atom is -0.497 e. The Kier molecular flexibility index (Phi) is 7.35. The molecule has 0 bridgehead atoms. The van der Waals surface area contributed by atoms with Crippen LogP contribution in [0.3, 0.4) is 0 Å². The highest BCUT2D eigenvalue weighted by atomic mass is 32.1. The van der Waals surface area contributed by atoms with E-state index < -0.39 is 0 Å². The summed E-state index contributed by atoms with van der Waals surface area (Å²) in [5.74, 6) is 1.34. The van der Waals surface area contributed by atoms with Crippen molar-refractivity contribution in [3.8, 4) is 17.6 Å². The van der Waals surface area contributed by atoms with Gasteiger partial charge in [-0.15, -0.1) is 11.3 Å². The molecule has 1 atom stereocenters. The Morgan fingerprint density at radius 1 is 1.27 bits per heavy atom. The van der Waals surface area contributed by atoms with Crippen molar-refractivity contribution in [3.63, 3.8) is 0 Å². The van der Waals surface area contributed by atoms with Gasteiger partial charge in [0.15, 0.2) is 0 Å². The second-order valence-corrected chi connectivity index (χ2v) is 8.74. The molecule has 1 unspecified atom stereocenters. The molecule has 3 rings (SSSR count). The molecule has 30 heavy (non-hydrogen) atoms. The lowest BCUT2D eigenvalue weighted by Crippen LogP contribution is -2.39. The molecule has 1 aliphatic rings. The van der Waals surface area contributed by atoms with Gasteiger partial charge in [-0.2, -0.15) is 5.26 Å². The first-order chi connectivity index (χ1) is 14.5. The van der Waals surface area contributed by atoms with E-state index in [0.717, 1.165) is 48.3 Å². The number of fused-ring (bicyclic) bond motifs is 1. The zero-order valence-electron chi connectivity index (χ0n) is 18.1. The van der Waals surface area contributed by atoms with Crippen LogP contribution in [0, 0.1) is 11.3 Å². The molecule has 160 valence electrons. The molecular weight excluding hydrogens is 398 g/mol. The van der Waals surface area contributed by atoms with E-state index in [1.165, 1.54) is 11.3 Å². The van der Waals surface area contributed by atoms with Crippen LogP contribution in [0.1, 0.15) is 47.8 Å². The molecule has 2 aromatic rings. The number of hydrogen-bond acceptors (Lipinski definition) is 6. The number of anilines is 1. The Labute approximate surface area is 182 Å². The van der Waals surface area contributed by atoms with Gasteiger partial charge in [-0.25, -0.2) is 0 Å². The van der Waals surface area contributed by atoms with Gasteiger partial charge in [-0.1, -0.05) is 12.5 Å². The van der Waals surface area contributed by atoms with Crippen LogP contribution in [0.15, 0.2) is 18.2 Å². The van der Waals surface area contributed by atoms with Crippen LogP contribution in [0.2, 0.25) is 0 Å². The largest absolute Gasteiger partial charge is 0.497 e. The summed E-state index contributed by atoms with van der Waals surface area (Å²) in [6.45, 7) is 2.42. The van der Waals surface area contributed by atoms with E-state index >= 15 is 0 Å². The first-order valence-electron chi connectivity index (χ1n) is 10.2. The van der Waals surface area contributed by atoms with Gasteiger partial charge < -0.3 is 14.8 Å². The molecule has 0 saturated heterocycles. The molecule has 1 aromatic carbocycles. The number of nitrogens with one attached hydrogen (secondary N) is 1. The van der Waals surface area contributed by atoms with Gasteiger partial charge >= 0.3 is 0 Å². The number of nitrogens with zero attached hydrogens (tertiary/aromatic N) is 2. The Morgan fingerprint density at radius 2 is 2.03 bits per heavy atom. The van der Waals surface area contributed by atoms with Gasteiger partial charge in [-0.3, -0.25) is 9.69 Å². The Morgan fingerprint density at radius 3 is 2.73 bits per heavy atom. The predicted octanol–water partition coefficient (Wildman–Crippen LogP) is 4.36. The van der Waals surface area contributed by atoms with Crippen molar-refractivity contribution >= 4 is 22.2 Å². The summed E-state index contributed by atoms with van der Waals surface area (Å²) in [6.07, 6.45) is 5.38. The normalized spacial score (nSPS) is 14.4. The van der Waals surface area contributed by atoms with E-state index in [-0.39, 0.29) is 11.9 Å². The minimum atomic E-state index is -0.370. The number of benzene rings is 1. The Balaban J connectivity index is 1.71. The van der Waals surface area contributed by atoms with Crippen LogP contribution in [-0.4, -0.2) is 38.1 Å². The van der Waals surface area contributed by atoms with Gasteiger partial charge in [0.05, 0.1) is 25.8 Å². The second-order valence-electron chi connectivity index (χ2n) is 7.64. The first kappa shape index (κ1) is 22.1. The summed E-state index contributed by atoms with van der Waals surface area (Å²) in [4.78, 5) is 16.2. The summed E-state index contributed by atoms with van der Waals surface area (Å²) in [6, 6.07) is 7.62. The van der Waals surface area contributed by atoms with Gasteiger partial charge in [0.1, 0.15) is 22.6 Å². The number of rotatable bonds is 7. The lowest BCUT2D eigenvalue weighted by molar-refractivity contribution is -0.120. The number of methoxy groups -OCH3 is 2. The van der Waals surface area contributed by atoms with E-state index in [9.17, 15) is 10.1 Å². The van der Waals surface area contributed by atoms with Gasteiger partial charge in [0.2, 0.25) is 5.91 Å². The molecule has 1 heterocycles. The van der Waals surface area contributed by atoms with Crippen LogP contribution in [0.5, 0.6) is 11.5 Å². The lowest BCUT2D eigenvalue weighted by atomic mass is 10.1. The van der Waals surface area contributed by atoms with E-state index in [4.69, 9.17) is 9.47 Å². The van der Waals surface area contributed by atoms with Gasteiger partial charge in [0, 0.05) is 23.1 Å². The van der Waals surface area contributed by atoms with E-state index in [2.05, 4.69) is 11.4 Å². The highest BCUT2D eigenvalue weighted by Gasteiger charge is 2.24. The number of hydrogen-bond donors (Lipinski definition) is 1. The molecule has 1 amide bonds. The molecule has 0 spiro atoms. The number of likely N-dealkylation sites (N-methyl/N-ethyl adjacent to an activating group) is 1. The lowest BCUT2D eigenvalue weighted by Gasteiger charge is -2.24. The SMILES string of the molecule is COc1ccc(CN(C)C(C)C(=O)Nc2sc3c(c2C#N)CCCCC3)c(OC)c1. The van der Waals surface area contributed by atoms with Crippen molar-refractivity contribution in [1.29, 1.82) is 5.26 Å². The zero-order chi connectivity index (χ0) is 21.7. The minimum absolute atomic E-state index is 0.113. The summed E-state index contributed by atoms with van der Waals surface area (Å²) in [7, 11) is 5.15. The maximum absolute atomic E-state index is 12.9. The topological polar surface area (TPSA) is 74.6 Å². The van der Waals surface area contributed by atoms with Crippen LogP contribution >= 0.6 is 11.3 Å². The van der Waals surface area contributed by atoms with Crippen molar-refractivity contribution < 1.29 is 14.3 Å². The van der Waals surface area contributed by atoms with Crippen LogP contribution < -0.4 is 14.8 Å². The predicted molar refractivity (Wildman–Crippen MR) is 119 cm³/mol. The summed E-state index contributed by atoms with van der Waals surface area (Å²) >= 11 is 1.56. The number of carbonyl (C=O) groups is 1. The monoisotopic (exact) mass is 427 g/mol. The number of nitriles is 1. The first-order valence-corrected chi connectivity index (χ1v) is 11.1. The zero-order valence-corrected chi connectivity index (χ0v) is 18.9. The number of thiophene rings is 1. The number of aryl methyl sites for hydroxylation is 1. The van der Waals surface area contributed by atoms with Crippen molar-refractivity contribution in [2.24, 2.45) is 0 Å². The van der Waals surface area contributed by atoms with E-state index in [1.54, 1.807) is 25.6 Å². The fourth-order valence-electron chi connectivity index (χ4n) is 3.75. The third-order valence-corrected chi connectivity index (χ3v) is 6.93. The molecule has 1 N–H and O–H groups in total. The van der Waals surface area contributed by atoms with Crippen molar-refractivity contribution in [2.45, 2.75) is 51.6 Å². The fraction of sp³-hybridized carbons (Fsp3) is 0.478. The summed E-state index contributed by atoms with van der Waals surface area (Å²) < 4.78 is 10.7. The number of carbonyl (C=O) groups excluding carboxylic acids is 1. The molecule has 7 heteroatoms. The standard InChI is InChI=1S/C23H29N3O3S/c1-15(26(2)14-16-10-11-17(28-3)12-20(16)29-4)22(27)25-23-19(13-24)18-8-6-5-7-9-21(18)30-23/h10-12,15H,5-9,14H2,1-4H3,(H,25,27). The summed E-state index contributed by atoms with van der Waals surface area (Å²) in [5.41, 5.74) is 2.76. The number of ether oxygens (including phenoxy) is 2. The average Bonchev–Trinajstić information content (AvgIpc) is 2.91. The molecular formula is C23H29N3O3S. The van der Waals surface area contributed by atoms with Crippen molar-refractivity contribution in [1.82, 2.24) is 4.90 Å². The molecule has 0 fully saturated rings. The highest BCUT2D eigenvalue weighted by molar-refractivity contribution is 7.16. The molecule has 0 radical (unpaired) electrons. The molecule has 0 saturated carbocycles. The van der Waals surface area contributed by atoms with Crippen molar-refractivity contribution in [3.05, 3.63) is 39.8 Å². The maximum Gasteiger partial charge on any atom is 0.242 e. The molecule has 6 nitrogen and oxygen atoms in total. The van der Waals surface area contributed by atoms with E-state index in [0.29, 0.717) is 17.1 Å². The highest BCUT2D eigenvalue weighted by Crippen LogP contribution is 2.37. The average molecular weight is 428 g/mol. The van der Waals surface area contributed by atoms with Gasteiger partial charge in [-0.05, 0) is 51.3 Å². The quantitative estimate of drug-likeness (QED) is 0.665. The fourth-order valence-corrected chi connectivity index (χ4v) is 5.00. The Bertz CT molecular complexity index is 948. The maximum atomic E-state index is 12.9. The molecule has 1 aromatic heterocycles. The van der Waals surface area contributed by atoms with Crippen LogP contribution in [0.4, 0.5) is 5.00 Å². The van der Waals surface area contributed by atoms with E-state index in [1.807, 2.05) is 37.1 Å². The molecule has 1 aliphatic carbocycles. The third-order valence-electron chi connectivity index (χ3n) is 5.72. The Hall–Kier alpha value is -2.56.